The Balaban J connectivity index is 1.47. The number of anilines is 1. The van der Waals surface area contributed by atoms with E-state index >= 15 is 0 Å². The number of halogens is 1. The predicted octanol–water partition coefficient (Wildman–Crippen LogP) is 4.15. The molecule has 158 valence electrons. The number of nitrogens with zero attached hydrogens (tertiary/aromatic N) is 3. The summed E-state index contributed by atoms with van der Waals surface area (Å²) in [5.41, 5.74) is 2.73. The van der Waals surface area contributed by atoms with E-state index in [9.17, 15) is 9.59 Å². The number of aromatic nitrogens is 3. The van der Waals surface area contributed by atoms with Crippen LogP contribution in [0.3, 0.4) is 0 Å². The first-order chi connectivity index (χ1) is 14.8. The average molecular weight is 455 g/mol. The number of hydrogen-bond acceptors (Lipinski definition) is 6. The number of nitrogens with one attached hydrogen (secondary N) is 1. The number of amides is 1. The van der Waals surface area contributed by atoms with Gasteiger partial charge in [-0.2, -0.15) is 0 Å². The standard InChI is InChI=1S/C22H19ClN4O3S/c1-22(2)8-16-12(10-30-22)7-15-18-19(31-20(15)26-16)21(29)27(11-24-18)9-17(28)25-14-5-3-13(23)4-6-14/h3-7,11H,8-10H2,1-2H3,(H,25,28). The molecule has 4 aromatic rings. The summed E-state index contributed by atoms with van der Waals surface area (Å²) >= 11 is 7.18. The van der Waals surface area contributed by atoms with E-state index < -0.39 is 0 Å². The number of thiophene rings is 1. The van der Waals surface area contributed by atoms with Crippen LogP contribution in [0.4, 0.5) is 5.69 Å². The van der Waals surface area contributed by atoms with Crippen LogP contribution < -0.4 is 10.9 Å². The quantitative estimate of drug-likeness (QED) is 0.502. The first-order valence-electron chi connectivity index (χ1n) is 9.79. The van der Waals surface area contributed by atoms with E-state index in [0.29, 0.717) is 27.5 Å². The highest BCUT2D eigenvalue weighted by Crippen LogP contribution is 2.34. The maximum atomic E-state index is 13.0. The van der Waals surface area contributed by atoms with E-state index in [4.69, 9.17) is 21.3 Å². The van der Waals surface area contributed by atoms with Crippen LogP contribution >= 0.6 is 22.9 Å². The maximum absolute atomic E-state index is 13.0. The van der Waals surface area contributed by atoms with Gasteiger partial charge in [0.2, 0.25) is 5.91 Å². The van der Waals surface area contributed by atoms with E-state index in [1.54, 1.807) is 24.3 Å². The van der Waals surface area contributed by atoms with Crippen molar-refractivity contribution in [3.8, 4) is 0 Å². The lowest BCUT2D eigenvalue weighted by molar-refractivity contribution is -0.116. The summed E-state index contributed by atoms with van der Waals surface area (Å²) in [6, 6.07) is 8.80. The van der Waals surface area contributed by atoms with E-state index in [1.165, 1.54) is 22.2 Å². The Kier molecular flexibility index (Phi) is 4.80. The molecule has 0 saturated heterocycles. The number of carbonyl (C=O) groups is 1. The molecule has 0 fully saturated rings. The van der Waals surface area contributed by atoms with Crippen LogP contribution in [0.5, 0.6) is 0 Å². The predicted molar refractivity (Wildman–Crippen MR) is 122 cm³/mol. The minimum Gasteiger partial charge on any atom is -0.370 e. The van der Waals surface area contributed by atoms with E-state index in [1.807, 2.05) is 19.9 Å². The van der Waals surface area contributed by atoms with Crippen LogP contribution in [-0.2, 0) is 29.1 Å². The topological polar surface area (TPSA) is 86.1 Å². The van der Waals surface area contributed by atoms with Gasteiger partial charge >= 0.3 is 0 Å². The highest BCUT2D eigenvalue weighted by molar-refractivity contribution is 7.25. The first-order valence-corrected chi connectivity index (χ1v) is 11.0. The molecule has 0 saturated carbocycles. The van der Waals surface area contributed by atoms with Crippen LogP contribution in [-0.4, -0.2) is 26.0 Å². The minimum absolute atomic E-state index is 0.134. The molecule has 0 unspecified atom stereocenters. The Morgan fingerprint density at radius 1 is 1.32 bits per heavy atom. The fourth-order valence-electron chi connectivity index (χ4n) is 3.68. The van der Waals surface area contributed by atoms with Gasteiger partial charge in [-0.1, -0.05) is 11.6 Å². The average Bonchev–Trinajstić information content (AvgIpc) is 3.08. The second-order valence-corrected chi connectivity index (χ2v) is 9.62. The fourth-order valence-corrected chi connectivity index (χ4v) is 4.88. The monoisotopic (exact) mass is 454 g/mol. The molecule has 0 spiro atoms. The van der Waals surface area contributed by atoms with E-state index in [2.05, 4.69) is 10.3 Å². The zero-order chi connectivity index (χ0) is 21.8. The molecule has 1 amide bonds. The van der Waals surface area contributed by atoms with Crippen molar-refractivity contribution in [2.75, 3.05) is 5.32 Å². The lowest BCUT2D eigenvalue weighted by Crippen LogP contribution is -2.32. The molecule has 1 aliphatic rings. The zero-order valence-corrected chi connectivity index (χ0v) is 18.5. The molecule has 4 heterocycles. The Hall–Kier alpha value is -2.81. The summed E-state index contributed by atoms with van der Waals surface area (Å²) in [7, 11) is 0. The van der Waals surface area contributed by atoms with Gasteiger partial charge in [-0.25, -0.2) is 9.97 Å². The molecular weight excluding hydrogens is 436 g/mol. The second-order valence-electron chi connectivity index (χ2n) is 8.18. The number of ether oxygens (including phenoxy) is 1. The molecule has 1 aliphatic heterocycles. The van der Waals surface area contributed by atoms with Gasteiger partial charge in [0, 0.05) is 28.1 Å². The maximum Gasteiger partial charge on any atom is 0.271 e. The van der Waals surface area contributed by atoms with Crippen LogP contribution in [0.1, 0.15) is 25.1 Å². The number of hydrogen-bond donors (Lipinski definition) is 1. The summed E-state index contributed by atoms with van der Waals surface area (Å²) in [5.74, 6) is -0.320. The molecule has 0 atom stereocenters. The second kappa shape index (κ2) is 7.40. The van der Waals surface area contributed by atoms with E-state index in [0.717, 1.165) is 27.9 Å². The largest absolute Gasteiger partial charge is 0.370 e. The van der Waals surface area contributed by atoms with Crippen LogP contribution in [0, 0.1) is 0 Å². The summed E-state index contributed by atoms with van der Waals surface area (Å²) in [4.78, 5) is 35.5. The van der Waals surface area contributed by atoms with Crippen molar-refractivity contribution in [2.45, 2.75) is 39.0 Å². The summed E-state index contributed by atoms with van der Waals surface area (Å²) in [6.07, 6.45) is 2.13. The normalized spacial score (nSPS) is 15.2. The Labute approximate surface area is 186 Å². The highest BCUT2D eigenvalue weighted by Gasteiger charge is 2.28. The summed E-state index contributed by atoms with van der Waals surface area (Å²) in [6.45, 7) is 4.44. The third-order valence-electron chi connectivity index (χ3n) is 5.26. The van der Waals surface area contributed by atoms with Crippen molar-refractivity contribution < 1.29 is 9.53 Å². The lowest BCUT2D eigenvalue weighted by Gasteiger charge is -2.30. The number of rotatable bonds is 3. The molecule has 0 bridgehead atoms. The van der Waals surface area contributed by atoms with Gasteiger partial charge in [-0.3, -0.25) is 14.2 Å². The van der Waals surface area contributed by atoms with Crippen molar-refractivity contribution in [2.24, 2.45) is 0 Å². The van der Waals surface area contributed by atoms with Crippen molar-refractivity contribution in [1.29, 1.82) is 0 Å². The molecule has 0 aliphatic carbocycles. The molecule has 1 aromatic carbocycles. The van der Waals surface area contributed by atoms with Gasteiger partial charge in [0.15, 0.2) is 0 Å². The van der Waals surface area contributed by atoms with E-state index in [-0.39, 0.29) is 23.6 Å². The van der Waals surface area contributed by atoms with Crippen LogP contribution in [0.2, 0.25) is 5.02 Å². The van der Waals surface area contributed by atoms with Gasteiger partial charge in [-0.15, -0.1) is 11.3 Å². The van der Waals surface area contributed by atoms with Gasteiger partial charge in [0.25, 0.3) is 5.56 Å². The van der Waals surface area contributed by atoms with Gasteiger partial charge < -0.3 is 10.1 Å². The Bertz CT molecular complexity index is 1390. The molecule has 0 radical (unpaired) electrons. The number of benzene rings is 1. The third-order valence-corrected chi connectivity index (χ3v) is 6.59. The number of pyridine rings is 1. The number of fused-ring (bicyclic) bond motifs is 4. The summed E-state index contributed by atoms with van der Waals surface area (Å²) in [5, 5.41) is 4.18. The summed E-state index contributed by atoms with van der Waals surface area (Å²) < 4.78 is 7.70. The zero-order valence-electron chi connectivity index (χ0n) is 16.9. The molecule has 1 N–H and O–H groups in total. The first kappa shape index (κ1) is 20.1. The number of carbonyl (C=O) groups excluding carboxylic acids is 1. The lowest BCUT2D eigenvalue weighted by atomic mass is 9.95. The van der Waals surface area contributed by atoms with Crippen LogP contribution in [0.15, 0.2) is 41.5 Å². The Morgan fingerprint density at radius 3 is 2.87 bits per heavy atom. The van der Waals surface area contributed by atoms with Crippen molar-refractivity contribution in [3.63, 3.8) is 0 Å². The SMILES string of the molecule is CC1(C)Cc2nc3sc4c(=O)n(CC(=O)Nc5ccc(Cl)cc5)cnc4c3cc2CO1. The Morgan fingerprint density at radius 2 is 2.10 bits per heavy atom. The molecule has 3 aromatic heterocycles. The van der Waals surface area contributed by atoms with Crippen molar-refractivity contribution in [3.05, 3.63) is 63.3 Å². The fraction of sp³-hybridized carbons (Fsp3) is 0.273. The smallest absolute Gasteiger partial charge is 0.271 e. The van der Waals surface area contributed by atoms with Crippen molar-refractivity contribution >= 4 is 55.0 Å². The van der Waals surface area contributed by atoms with Gasteiger partial charge in [0.05, 0.1) is 29.7 Å². The highest BCUT2D eigenvalue weighted by atomic mass is 35.5. The molecule has 31 heavy (non-hydrogen) atoms. The van der Waals surface area contributed by atoms with Crippen molar-refractivity contribution in [1.82, 2.24) is 14.5 Å². The van der Waals surface area contributed by atoms with Crippen LogP contribution in [0.25, 0.3) is 20.4 Å². The molecule has 9 heteroatoms. The van der Waals surface area contributed by atoms with Gasteiger partial charge in [0.1, 0.15) is 16.1 Å². The molecule has 7 nitrogen and oxygen atoms in total. The molecule has 5 rings (SSSR count). The third kappa shape index (κ3) is 3.82. The minimum atomic E-state index is -0.320. The van der Waals surface area contributed by atoms with Gasteiger partial charge in [-0.05, 0) is 44.2 Å². The molecular formula is C22H19ClN4O3S.